The standard InChI is InChI=1S/C20H36/c1-18(2,3)16-11-13-12-17(16)20(6,7)15-10-8-9-14(15)19(13,4)5/h13-17H,8-12H2,1-7H3/t13?,14?,15-,16?,17?/m0/s1. The third kappa shape index (κ3) is 1.92. The van der Waals surface area contributed by atoms with Crippen LogP contribution in [0, 0.1) is 45.8 Å². The summed E-state index contributed by atoms with van der Waals surface area (Å²) in [6.45, 7) is 18.0. The summed E-state index contributed by atoms with van der Waals surface area (Å²) in [6.07, 6.45) is 7.50. The monoisotopic (exact) mass is 276 g/mol. The van der Waals surface area contributed by atoms with Crippen LogP contribution >= 0.6 is 0 Å². The van der Waals surface area contributed by atoms with Gasteiger partial charge in [0.25, 0.3) is 0 Å². The molecule has 0 radical (unpaired) electrons. The van der Waals surface area contributed by atoms with E-state index in [9.17, 15) is 0 Å². The molecular formula is C20H36. The average molecular weight is 277 g/mol. The largest absolute Gasteiger partial charge is 0.0599 e. The fraction of sp³-hybridized carbons (Fsp3) is 1.00. The smallest absolute Gasteiger partial charge is 0.0292 e. The van der Waals surface area contributed by atoms with Gasteiger partial charge in [-0.3, -0.25) is 0 Å². The summed E-state index contributed by atoms with van der Waals surface area (Å²) in [5.41, 5.74) is 1.62. The molecule has 2 bridgehead atoms. The predicted octanol–water partition coefficient (Wildman–Crippen LogP) is 6.16. The lowest BCUT2D eigenvalue weighted by Crippen LogP contribution is -2.43. The highest BCUT2D eigenvalue weighted by Gasteiger charge is 2.60. The highest BCUT2D eigenvalue weighted by atomic mass is 14.6. The van der Waals surface area contributed by atoms with E-state index in [4.69, 9.17) is 0 Å². The zero-order chi connectivity index (χ0) is 14.9. The third-order valence-corrected chi connectivity index (χ3v) is 8.11. The van der Waals surface area contributed by atoms with Gasteiger partial charge in [0.05, 0.1) is 0 Å². The second kappa shape index (κ2) is 4.26. The molecule has 3 aliphatic rings. The SMILES string of the molecule is CC(C)(C)C1CC2CC1C(C)(C)[C@H]1CCCC1C2(C)C. The molecule has 3 aliphatic carbocycles. The Morgan fingerprint density at radius 3 is 1.85 bits per heavy atom. The molecule has 5 atom stereocenters. The van der Waals surface area contributed by atoms with Crippen molar-refractivity contribution in [3.8, 4) is 0 Å². The number of hydrogen-bond acceptors (Lipinski definition) is 0. The van der Waals surface area contributed by atoms with Gasteiger partial charge >= 0.3 is 0 Å². The van der Waals surface area contributed by atoms with Gasteiger partial charge in [-0.25, -0.2) is 0 Å². The van der Waals surface area contributed by atoms with Crippen molar-refractivity contribution in [2.45, 2.75) is 80.6 Å². The molecule has 116 valence electrons. The van der Waals surface area contributed by atoms with Crippen LogP contribution in [0.4, 0.5) is 0 Å². The normalized spacial score (nSPS) is 46.0. The Balaban J connectivity index is 2.04. The summed E-state index contributed by atoms with van der Waals surface area (Å²) < 4.78 is 0. The Labute approximate surface area is 127 Å². The van der Waals surface area contributed by atoms with Gasteiger partial charge < -0.3 is 0 Å². The van der Waals surface area contributed by atoms with Crippen molar-refractivity contribution < 1.29 is 0 Å². The Kier molecular flexibility index (Phi) is 3.18. The van der Waals surface area contributed by atoms with Crippen molar-refractivity contribution in [1.82, 2.24) is 0 Å². The second-order valence-corrected chi connectivity index (χ2v) is 10.5. The maximum atomic E-state index is 2.63. The molecule has 0 N–H and O–H groups in total. The minimum absolute atomic E-state index is 0.484. The summed E-state index contributed by atoms with van der Waals surface area (Å²) >= 11 is 0. The summed E-state index contributed by atoms with van der Waals surface area (Å²) in [5, 5.41) is 0. The zero-order valence-electron chi connectivity index (χ0n) is 14.9. The molecule has 3 rings (SSSR count). The van der Waals surface area contributed by atoms with Gasteiger partial charge in [0.2, 0.25) is 0 Å². The molecule has 0 heteroatoms. The molecule has 0 heterocycles. The molecule has 0 nitrogen and oxygen atoms in total. The molecular weight excluding hydrogens is 240 g/mol. The Morgan fingerprint density at radius 1 is 0.750 bits per heavy atom. The van der Waals surface area contributed by atoms with E-state index in [0.717, 1.165) is 29.6 Å². The van der Waals surface area contributed by atoms with E-state index in [2.05, 4.69) is 48.5 Å². The van der Waals surface area contributed by atoms with E-state index in [1.165, 1.54) is 32.1 Å². The molecule has 0 spiro atoms. The Morgan fingerprint density at radius 2 is 1.30 bits per heavy atom. The molecule has 0 saturated heterocycles. The first-order chi connectivity index (χ1) is 9.06. The second-order valence-electron chi connectivity index (χ2n) is 10.5. The van der Waals surface area contributed by atoms with Crippen molar-refractivity contribution in [3.63, 3.8) is 0 Å². The summed E-state index contributed by atoms with van der Waals surface area (Å²) in [5.74, 6) is 4.85. The van der Waals surface area contributed by atoms with E-state index in [0.29, 0.717) is 16.2 Å². The lowest BCUT2D eigenvalue weighted by molar-refractivity contribution is -0.0119. The van der Waals surface area contributed by atoms with Gasteiger partial charge in [-0.2, -0.15) is 0 Å². The van der Waals surface area contributed by atoms with Crippen LogP contribution in [0.25, 0.3) is 0 Å². The van der Waals surface area contributed by atoms with Crippen LogP contribution < -0.4 is 0 Å². The highest BCUT2D eigenvalue weighted by molar-refractivity contribution is 5.09. The van der Waals surface area contributed by atoms with Crippen molar-refractivity contribution in [1.29, 1.82) is 0 Å². The maximum absolute atomic E-state index is 2.63. The van der Waals surface area contributed by atoms with E-state index in [1.54, 1.807) is 0 Å². The van der Waals surface area contributed by atoms with Crippen LogP contribution in [0.5, 0.6) is 0 Å². The summed E-state index contributed by atoms with van der Waals surface area (Å²) in [4.78, 5) is 0. The topological polar surface area (TPSA) is 0 Å². The van der Waals surface area contributed by atoms with Crippen LogP contribution in [0.1, 0.15) is 80.6 Å². The van der Waals surface area contributed by atoms with E-state index in [-0.39, 0.29) is 0 Å². The van der Waals surface area contributed by atoms with Gasteiger partial charge in [-0.15, -0.1) is 0 Å². The summed E-state index contributed by atoms with van der Waals surface area (Å²) in [7, 11) is 0. The lowest BCUT2D eigenvalue weighted by atomic mass is 9.55. The zero-order valence-corrected chi connectivity index (χ0v) is 14.9. The number of rotatable bonds is 0. The average Bonchev–Trinajstić information content (AvgIpc) is 2.94. The first-order valence-corrected chi connectivity index (χ1v) is 9.06. The summed E-state index contributed by atoms with van der Waals surface area (Å²) in [6, 6.07) is 0. The minimum Gasteiger partial charge on any atom is -0.0599 e. The molecule has 0 aliphatic heterocycles. The van der Waals surface area contributed by atoms with E-state index < -0.39 is 0 Å². The molecule has 0 aromatic carbocycles. The van der Waals surface area contributed by atoms with Crippen LogP contribution in [0.2, 0.25) is 0 Å². The van der Waals surface area contributed by atoms with Crippen molar-refractivity contribution in [2.24, 2.45) is 45.8 Å². The molecule has 3 fully saturated rings. The van der Waals surface area contributed by atoms with Crippen molar-refractivity contribution >= 4 is 0 Å². The first kappa shape index (κ1) is 14.9. The fourth-order valence-corrected chi connectivity index (χ4v) is 6.74. The lowest BCUT2D eigenvalue weighted by Gasteiger charge is -2.50. The number of fused-ring (bicyclic) bond motifs is 3. The number of hydrogen-bond donors (Lipinski definition) is 0. The van der Waals surface area contributed by atoms with Crippen molar-refractivity contribution in [2.75, 3.05) is 0 Å². The van der Waals surface area contributed by atoms with E-state index in [1.807, 2.05) is 0 Å². The van der Waals surface area contributed by atoms with Gasteiger partial charge in [0, 0.05) is 0 Å². The highest BCUT2D eigenvalue weighted by Crippen LogP contribution is 2.68. The third-order valence-electron chi connectivity index (χ3n) is 8.11. The predicted molar refractivity (Wildman–Crippen MR) is 87.6 cm³/mol. The van der Waals surface area contributed by atoms with Crippen LogP contribution in [-0.4, -0.2) is 0 Å². The van der Waals surface area contributed by atoms with Gasteiger partial charge in [0.1, 0.15) is 0 Å². The Hall–Kier alpha value is 0. The Bertz CT molecular complexity index is 381. The minimum atomic E-state index is 0.484. The first-order valence-electron chi connectivity index (χ1n) is 9.06. The van der Waals surface area contributed by atoms with E-state index >= 15 is 0 Å². The molecule has 3 saturated carbocycles. The van der Waals surface area contributed by atoms with Crippen molar-refractivity contribution in [3.05, 3.63) is 0 Å². The quantitative estimate of drug-likeness (QED) is 0.497. The van der Waals surface area contributed by atoms with Gasteiger partial charge in [-0.1, -0.05) is 54.9 Å². The van der Waals surface area contributed by atoms with Crippen LogP contribution in [-0.2, 0) is 0 Å². The molecule has 20 heavy (non-hydrogen) atoms. The molecule has 0 aromatic rings. The van der Waals surface area contributed by atoms with Gasteiger partial charge in [-0.05, 0) is 71.5 Å². The molecule has 0 amide bonds. The van der Waals surface area contributed by atoms with Gasteiger partial charge in [0.15, 0.2) is 0 Å². The fourth-order valence-electron chi connectivity index (χ4n) is 6.74. The molecule has 0 aromatic heterocycles. The van der Waals surface area contributed by atoms with Crippen LogP contribution in [0.15, 0.2) is 0 Å². The van der Waals surface area contributed by atoms with Crippen LogP contribution in [0.3, 0.4) is 0 Å². The molecule has 4 unspecified atom stereocenters. The maximum Gasteiger partial charge on any atom is -0.0292 e.